The minimum Gasteiger partial charge on any atom is -0.384 e. The number of nitrogens with one attached hydrogen (secondary N) is 1. The number of hydrogen-bond acceptors (Lipinski definition) is 4. The molecule has 0 fully saturated rings. The first-order valence-electron chi connectivity index (χ1n) is 7.45. The van der Waals surface area contributed by atoms with Gasteiger partial charge in [-0.15, -0.1) is 10.2 Å². The molecule has 6 nitrogen and oxygen atoms in total. The Morgan fingerprint density at radius 2 is 1.96 bits per heavy atom. The van der Waals surface area contributed by atoms with E-state index in [-0.39, 0.29) is 18.3 Å². The summed E-state index contributed by atoms with van der Waals surface area (Å²) in [5.41, 5.74) is 0.303. The molecule has 0 saturated carbocycles. The number of benzene rings is 1. The van der Waals surface area contributed by atoms with Crippen LogP contribution in [-0.2, 0) is 5.60 Å². The maximum atomic E-state index is 13.0. The Morgan fingerprint density at radius 1 is 1.25 bits per heavy atom. The monoisotopic (exact) mass is 328 g/mol. The molecule has 1 aromatic carbocycles. The summed E-state index contributed by atoms with van der Waals surface area (Å²) in [6.07, 6.45) is 1.65. The average Bonchev–Trinajstić information content (AvgIpc) is 2.94. The largest absolute Gasteiger partial charge is 0.384 e. The fraction of sp³-hybridized carbons (Fsp3) is 0.235. The molecule has 0 aliphatic carbocycles. The molecule has 0 aliphatic rings. The van der Waals surface area contributed by atoms with Gasteiger partial charge in [0.15, 0.2) is 5.65 Å². The van der Waals surface area contributed by atoms with E-state index in [4.69, 9.17) is 0 Å². The standard InChI is InChI=1S/C17H17FN4O2/c1-11-20-21-15-8-3-12(9-22(11)15)16(23)19-10-17(2,24)13-4-6-14(18)7-5-13/h3-9,24H,10H2,1-2H3,(H,19,23). The molecule has 3 rings (SSSR count). The van der Waals surface area contributed by atoms with E-state index >= 15 is 0 Å². The van der Waals surface area contributed by atoms with Crippen molar-refractivity contribution in [3.63, 3.8) is 0 Å². The lowest BCUT2D eigenvalue weighted by Crippen LogP contribution is -2.38. The van der Waals surface area contributed by atoms with Crippen LogP contribution in [0.5, 0.6) is 0 Å². The van der Waals surface area contributed by atoms with Crippen molar-refractivity contribution in [1.29, 1.82) is 0 Å². The number of halogens is 1. The number of amides is 1. The molecule has 124 valence electrons. The molecule has 1 unspecified atom stereocenters. The van der Waals surface area contributed by atoms with Crippen molar-refractivity contribution in [1.82, 2.24) is 19.9 Å². The van der Waals surface area contributed by atoms with Crippen molar-refractivity contribution in [3.8, 4) is 0 Å². The fourth-order valence-electron chi connectivity index (χ4n) is 2.41. The van der Waals surface area contributed by atoms with Gasteiger partial charge in [0.2, 0.25) is 0 Å². The summed E-state index contributed by atoms with van der Waals surface area (Å²) < 4.78 is 14.7. The summed E-state index contributed by atoms with van der Waals surface area (Å²) in [6.45, 7) is 3.35. The van der Waals surface area contributed by atoms with E-state index in [9.17, 15) is 14.3 Å². The first-order valence-corrected chi connectivity index (χ1v) is 7.45. The zero-order valence-corrected chi connectivity index (χ0v) is 13.3. The van der Waals surface area contributed by atoms with E-state index in [0.717, 1.165) is 0 Å². The Labute approximate surface area is 138 Å². The van der Waals surface area contributed by atoms with Crippen molar-refractivity contribution in [2.75, 3.05) is 6.54 Å². The minimum absolute atomic E-state index is 0.00331. The van der Waals surface area contributed by atoms with Gasteiger partial charge in [-0.2, -0.15) is 0 Å². The topological polar surface area (TPSA) is 79.5 Å². The number of aromatic nitrogens is 3. The van der Waals surface area contributed by atoms with E-state index in [1.165, 1.54) is 24.3 Å². The Kier molecular flexibility index (Phi) is 4.02. The molecule has 0 spiro atoms. The normalized spacial score (nSPS) is 13.7. The van der Waals surface area contributed by atoms with Crippen LogP contribution in [0.15, 0.2) is 42.6 Å². The van der Waals surface area contributed by atoms with Crippen molar-refractivity contribution >= 4 is 11.6 Å². The van der Waals surface area contributed by atoms with Crippen LogP contribution < -0.4 is 5.32 Å². The van der Waals surface area contributed by atoms with Gasteiger partial charge in [0, 0.05) is 6.20 Å². The van der Waals surface area contributed by atoms with Crippen molar-refractivity contribution < 1.29 is 14.3 Å². The van der Waals surface area contributed by atoms with Gasteiger partial charge in [0.05, 0.1) is 12.1 Å². The lowest BCUT2D eigenvalue weighted by atomic mass is 9.96. The first-order chi connectivity index (χ1) is 11.4. The third-order valence-corrected chi connectivity index (χ3v) is 3.89. The molecule has 24 heavy (non-hydrogen) atoms. The van der Waals surface area contributed by atoms with Crippen LogP contribution in [0.25, 0.3) is 5.65 Å². The number of carbonyl (C=O) groups excluding carboxylic acids is 1. The number of aliphatic hydroxyl groups is 1. The molecule has 2 aromatic heterocycles. The highest BCUT2D eigenvalue weighted by atomic mass is 19.1. The number of fused-ring (bicyclic) bond motifs is 1. The van der Waals surface area contributed by atoms with E-state index in [1.807, 2.05) is 0 Å². The fourth-order valence-corrected chi connectivity index (χ4v) is 2.41. The molecule has 0 saturated heterocycles. The summed E-state index contributed by atoms with van der Waals surface area (Å²) in [7, 11) is 0. The summed E-state index contributed by atoms with van der Waals surface area (Å²) >= 11 is 0. The smallest absolute Gasteiger partial charge is 0.252 e. The Hall–Kier alpha value is -2.80. The average molecular weight is 328 g/mol. The lowest BCUT2D eigenvalue weighted by Gasteiger charge is -2.24. The van der Waals surface area contributed by atoms with Crippen molar-refractivity contribution in [3.05, 3.63) is 65.4 Å². The van der Waals surface area contributed by atoms with Crippen molar-refractivity contribution in [2.45, 2.75) is 19.4 Å². The highest BCUT2D eigenvalue weighted by Gasteiger charge is 2.24. The Morgan fingerprint density at radius 3 is 2.67 bits per heavy atom. The Bertz CT molecular complexity index is 887. The molecule has 2 N–H and O–H groups in total. The van der Waals surface area contributed by atoms with E-state index < -0.39 is 5.60 Å². The molecule has 1 amide bonds. The van der Waals surface area contributed by atoms with Crippen LogP contribution in [0.1, 0.15) is 28.7 Å². The van der Waals surface area contributed by atoms with Gasteiger partial charge in [0.25, 0.3) is 5.91 Å². The summed E-state index contributed by atoms with van der Waals surface area (Å²) in [5, 5.41) is 21.1. The second kappa shape index (κ2) is 6.01. The molecule has 0 aliphatic heterocycles. The second-order valence-electron chi connectivity index (χ2n) is 5.86. The highest BCUT2D eigenvalue weighted by Crippen LogP contribution is 2.20. The summed E-state index contributed by atoms with van der Waals surface area (Å²) in [6, 6.07) is 8.88. The van der Waals surface area contributed by atoms with Crippen LogP contribution in [0, 0.1) is 12.7 Å². The molecule has 7 heteroatoms. The maximum Gasteiger partial charge on any atom is 0.252 e. The predicted molar refractivity (Wildman–Crippen MR) is 86.0 cm³/mol. The van der Waals surface area contributed by atoms with Crippen LogP contribution in [-0.4, -0.2) is 32.2 Å². The van der Waals surface area contributed by atoms with Crippen LogP contribution in [0.3, 0.4) is 0 Å². The number of nitrogens with zero attached hydrogens (tertiary/aromatic N) is 3. The third-order valence-electron chi connectivity index (χ3n) is 3.89. The SMILES string of the molecule is Cc1nnc2ccc(C(=O)NCC(C)(O)c3ccc(F)cc3)cn12. The molecule has 3 aromatic rings. The van der Waals surface area contributed by atoms with Crippen LogP contribution >= 0.6 is 0 Å². The molecule has 0 bridgehead atoms. The van der Waals surface area contributed by atoms with Crippen LogP contribution in [0.2, 0.25) is 0 Å². The third kappa shape index (κ3) is 3.11. The van der Waals surface area contributed by atoms with Crippen LogP contribution in [0.4, 0.5) is 4.39 Å². The van der Waals surface area contributed by atoms with E-state index in [1.54, 1.807) is 36.6 Å². The van der Waals surface area contributed by atoms with E-state index in [2.05, 4.69) is 15.5 Å². The molecular formula is C17H17FN4O2. The number of aryl methyl sites for hydroxylation is 1. The Balaban J connectivity index is 1.73. The number of hydrogen-bond donors (Lipinski definition) is 2. The zero-order chi connectivity index (χ0) is 17.3. The second-order valence-corrected chi connectivity index (χ2v) is 5.86. The van der Waals surface area contributed by atoms with Gasteiger partial charge in [0.1, 0.15) is 17.2 Å². The van der Waals surface area contributed by atoms with Gasteiger partial charge in [-0.1, -0.05) is 12.1 Å². The van der Waals surface area contributed by atoms with Gasteiger partial charge in [-0.3, -0.25) is 9.20 Å². The molecule has 0 radical (unpaired) electrons. The van der Waals surface area contributed by atoms with Gasteiger partial charge < -0.3 is 10.4 Å². The van der Waals surface area contributed by atoms with Gasteiger partial charge >= 0.3 is 0 Å². The molecule has 1 atom stereocenters. The molecular weight excluding hydrogens is 311 g/mol. The van der Waals surface area contributed by atoms with Gasteiger partial charge in [-0.05, 0) is 43.7 Å². The highest BCUT2D eigenvalue weighted by molar-refractivity contribution is 5.94. The first kappa shape index (κ1) is 16.1. The predicted octanol–water partition coefficient (Wildman–Crippen LogP) is 1.81. The zero-order valence-electron chi connectivity index (χ0n) is 13.3. The van der Waals surface area contributed by atoms with Gasteiger partial charge in [-0.25, -0.2) is 4.39 Å². The van der Waals surface area contributed by atoms with Crippen molar-refractivity contribution in [2.24, 2.45) is 0 Å². The summed E-state index contributed by atoms with van der Waals surface area (Å²) in [5.74, 6) is -0.0263. The number of pyridine rings is 1. The lowest BCUT2D eigenvalue weighted by molar-refractivity contribution is 0.0525. The van der Waals surface area contributed by atoms with E-state index in [0.29, 0.717) is 22.6 Å². The number of rotatable bonds is 4. The number of carbonyl (C=O) groups is 1. The minimum atomic E-state index is -1.31. The maximum absolute atomic E-state index is 13.0. The summed E-state index contributed by atoms with van der Waals surface area (Å²) in [4.78, 5) is 12.3. The molecule has 2 heterocycles. The quantitative estimate of drug-likeness (QED) is 0.765.